The molecule has 88 valence electrons. The number of H-pyrrole nitrogens is 1. The van der Waals surface area contributed by atoms with Crippen molar-refractivity contribution in [2.45, 2.75) is 19.1 Å². The number of hydrogen-bond donors (Lipinski definition) is 4. The standard InChI is InChI=1S/C10H14N2O4/c1-6(13)12-5-9(15)10(16)7-4-11-3-2-8(7)14/h2-4,9-10,15-16H,5H2,1H3,(H,11,14)(H,12,13). The zero-order valence-corrected chi connectivity index (χ0v) is 8.80. The molecule has 0 aliphatic rings. The Bertz CT molecular complexity index is 415. The molecule has 2 atom stereocenters. The summed E-state index contributed by atoms with van der Waals surface area (Å²) >= 11 is 0. The van der Waals surface area contributed by atoms with Gasteiger partial charge in [0.2, 0.25) is 5.91 Å². The predicted molar refractivity (Wildman–Crippen MR) is 56.7 cm³/mol. The van der Waals surface area contributed by atoms with Crippen molar-refractivity contribution in [1.29, 1.82) is 0 Å². The fraction of sp³-hybridized carbons (Fsp3) is 0.400. The topological polar surface area (TPSA) is 102 Å². The Morgan fingerprint density at radius 2 is 2.25 bits per heavy atom. The van der Waals surface area contributed by atoms with Crippen molar-refractivity contribution in [3.8, 4) is 0 Å². The molecule has 1 aromatic rings. The predicted octanol–water partition coefficient (Wildman–Crippen LogP) is -1.09. The van der Waals surface area contributed by atoms with Crippen LogP contribution in [0.2, 0.25) is 0 Å². The summed E-state index contributed by atoms with van der Waals surface area (Å²) < 4.78 is 0. The number of aromatic amines is 1. The number of rotatable bonds is 4. The molecule has 2 unspecified atom stereocenters. The van der Waals surface area contributed by atoms with Gasteiger partial charge >= 0.3 is 0 Å². The van der Waals surface area contributed by atoms with Gasteiger partial charge in [0.15, 0.2) is 5.43 Å². The van der Waals surface area contributed by atoms with Crippen LogP contribution < -0.4 is 10.7 Å². The van der Waals surface area contributed by atoms with Gasteiger partial charge in [-0.25, -0.2) is 0 Å². The monoisotopic (exact) mass is 226 g/mol. The molecule has 0 radical (unpaired) electrons. The second-order valence-electron chi connectivity index (χ2n) is 3.41. The van der Waals surface area contributed by atoms with Crippen LogP contribution in [0.25, 0.3) is 0 Å². The van der Waals surface area contributed by atoms with Gasteiger partial charge in [0, 0.05) is 37.5 Å². The van der Waals surface area contributed by atoms with Crippen molar-refractivity contribution >= 4 is 5.91 Å². The van der Waals surface area contributed by atoms with E-state index in [4.69, 9.17) is 0 Å². The first-order chi connectivity index (χ1) is 7.52. The number of amides is 1. The first-order valence-corrected chi connectivity index (χ1v) is 4.80. The van der Waals surface area contributed by atoms with Gasteiger partial charge in [0.25, 0.3) is 0 Å². The number of pyridine rings is 1. The third-order valence-electron chi connectivity index (χ3n) is 2.10. The van der Waals surface area contributed by atoms with Gasteiger partial charge in [-0.15, -0.1) is 0 Å². The second kappa shape index (κ2) is 5.43. The van der Waals surface area contributed by atoms with E-state index in [2.05, 4.69) is 10.3 Å². The van der Waals surface area contributed by atoms with Gasteiger partial charge in [-0.05, 0) is 0 Å². The van der Waals surface area contributed by atoms with Gasteiger partial charge in [-0.3, -0.25) is 9.59 Å². The zero-order chi connectivity index (χ0) is 12.1. The molecule has 1 amide bonds. The Labute approximate surface area is 91.9 Å². The van der Waals surface area contributed by atoms with Crippen LogP contribution in [0.5, 0.6) is 0 Å². The molecule has 0 aliphatic carbocycles. The lowest BCUT2D eigenvalue weighted by Gasteiger charge is -2.17. The molecule has 0 fully saturated rings. The molecule has 16 heavy (non-hydrogen) atoms. The molecular formula is C10H14N2O4. The number of aliphatic hydroxyl groups excluding tert-OH is 2. The zero-order valence-electron chi connectivity index (χ0n) is 8.80. The lowest BCUT2D eigenvalue weighted by molar-refractivity contribution is -0.119. The molecule has 0 saturated carbocycles. The highest BCUT2D eigenvalue weighted by Crippen LogP contribution is 2.11. The average Bonchev–Trinajstić information content (AvgIpc) is 2.25. The molecule has 0 spiro atoms. The van der Waals surface area contributed by atoms with E-state index >= 15 is 0 Å². The minimum absolute atomic E-state index is 0.0698. The van der Waals surface area contributed by atoms with Crippen LogP contribution in [-0.2, 0) is 4.79 Å². The minimum atomic E-state index is -1.32. The molecule has 4 N–H and O–H groups in total. The molecule has 0 saturated heterocycles. The van der Waals surface area contributed by atoms with Crippen molar-refractivity contribution < 1.29 is 15.0 Å². The summed E-state index contributed by atoms with van der Waals surface area (Å²) in [5.74, 6) is -0.312. The van der Waals surface area contributed by atoms with Crippen LogP contribution in [0.4, 0.5) is 0 Å². The maximum Gasteiger partial charge on any atom is 0.216 e. The van der Waals surface area contributed by atoms with Gasteiger partial charge in [-0.1, -0.05) is 0 Å². The average molecular weight is 226 g/mol. The largest absolute Gasteiger partial charge is 0.388 e. The summed E-state index contributed by atoms with van der Waals surface area (Å²) in [6.45, 7) is 1.19. The third kappa shape index (κ3) is 3.18. The van der Waals surface area contributed by atoms with Gasteiger partial charge in [-0.2, -0.15) is 0 Å². The van der Waals surface area contributed by atoms with E-state index in [1.54, 1.807) is 0 Å². The molecular weight excluding hydrogens is 212 g/mol. The summed E-state index contributed by atoms with van der Waals surface area (Å²) in [6, 6.07) is 1.25. The number of carbonyl (C=O) groups excluding carboxylic acids is 1. The van der Waals surface area contributed by atoms with Crippen LogP contribution >= 0.6 is 0 Å². The lowest BCUT2D eigenvalue weighted by Crippen LogP contribution is -2.35. The molecule has 0 aliphatic heterocycles. The number of nitrogens with one attached hydrogen (secondary N) is 2. The van der Waals surface area contributed by atoms with E-state index in [0.29, 0.717) is 0 Å². The molecule has 6 heteroatoms. The highest BCUT2D eigenvalue weighted by atomic mass is 16.3. The van der Waals surface area contributed by atoms with Crippen LogP contribution in [0, 0.1) is 0 Å². The van der Waals surface area contributed by atoms with Crippen LogP contribution in [0.15, 0.2) is 23.3 Å². The molecule has 6 nitrogen and oxygen atoms in total. The number of carbonyl (C=O) groups is 1. The highest BCUT2D eigenvalue weighted by molar-refractivity contribution is 5.72. The summed E-state index contributed by atoms with van der Waals surface area (Å²) in [4.78, 5) is 24.6. The molecule has 1 rings (SSSR count). The SMILES string of the molecule is CC(=O)NCC(O)C(O)c1c[nH]ccc1=O. The molecule has 1 aromatic heterocycles. The fourth-order valence-electron chi connectivity index (χ4n) is 1.23. The first-order valence-electron chi connectivity index (χ1n) is 4.80. The minimum Gasteiger partial charge on any atom is -0.388 e. The smallest absolute Gasteiger partial charge is 0.216 e. The fourth-order valence-corrected chi connectivity index (χ4v) is 1.23. The summed E-state index contributed by atoms with van der Waals surface area (Å²) in [5, 5.41) is 21.5. The Morgan fingerprint density at radius 3 is 2.81 bits per heavy atom. The Kier molecular flexibility index (Phi) is 4.21. The molecule has 0 bridgehead atoms. The quantitative estimate of drug-likeness (QED) is 0.523. The molecule has 1 heterocycles. The van der Waals surface area contributed by atoms with Crippen LogP contribution in [-0.4, -0.2) is 33.8 Å². The van der Waals surface area contributed by atoms with Gasteiger partial charge < -0.3 is 20.5 Å². The van der Waals surface area contributed by atoms with Crippen LogP contribution in [0.3, 0.4) is 0 Å². The summed E-state index contributed by atoms with van der Waals surface area (Å²) in [7, 11) is 0. The van der Waals surface area contributed by atoms with E-state index in [1.807, 2.05) is 0 Å². The maximum atomic E-state index is 11.3. The summed E-state index contributed by atoms with van der Waals surface area (Å²) in [6.07, 6.45) is 0.215. The Balaban J connectivity index is 2.70. The van der Waals surface area contributed by atoms with Crippen molar-refractivity contribution in [1.82, 2.24) is 10.3 Å². The van der Waals surface area contributed by atoms with E-state index in [1.165, 1.54) is 25.4 Å². The van der Waals surface area contributed by atoms with Crippen LogP contribution in [0.1, 0.15) is 18.6 Å². The van der Waals surface area contributed by atoms with Crippen molar-refractivity contribution in [2.75, 3.05) is 6.54 Å². The number of aliphatic hydroxyl groups is 2. The number of hydrogen-bond acceptors (Lipinski definition) is 4. The molecule has 0 aromatic carbocycles. The van der Waals surface area contributed by atoms with E-state index in [9.17, 15) is 19.8 Å². The van der Waals surface area contributed by atoms with Crippen molar-refractivity contribution in [2.24, 2.45) is 0 Å². The third-order valence-corrected chi connectivity index (χ3v) is 2.10. The van der Waals surface area contributed by atoms with Crippen molar-refractivity contribution in [3.05, 3.63) is 34.2 Å². The van der Waals surface area contributed by atoms with E-state index < -0.39 is 12.2 Å². The maximum absolute atomic E-state index is 11.3. The summed E-state index contributed by atoms with van der Waals surface area (Å²) in [5.41, 5.74) is -0.298. The number of aromatic nitrogens is 1. The second-order valence-corrected chi connectivity index (χ2v) is 3.41. The van der Waals surface area contributed by atoms with Gasteiger partial charge in [0.1, 0.15) is 12.2 Å². The Hall–Kier alpha value is -1.66. The first kappa shape index (κ1) is 12.4. The van der Waals surface area contributed by atoms with E-state index in [0.717, 1.165) is 0 Å². The highest BCUT2D eigenvalue weighted by Gasteiger charge is 2.20. The van der Waals surface area contributed by atoms with Crippen molar-refractivity contribution in [3.63, 3.8) is 0 Å². The normalized spacial score (nSPS) is 14.2. The Morgan fingerprint density at radius 1 is 1.56 bits per heavy atom. The van der Waals surface area contributed by atoms with E-state index in [-0.39, 0.29) is 23.4 Å². The van der Waals surface area contributed by atoms with Gasteiger partial charge in [0.05, 0.1) is 0 Å². The lowest BCUT2D eigenvalue weighted by atomic mass is 10.1.